The highest BCUT2D eigenvalue weighted by molar-refractivity contribution is 6.13. The monoisotopic (exact) mass is 717 g/mol. The number of nitrogens with zero attached hydrogens (tertiary/aromatic N) is 3. The molecule has 2 aromatic heterocycles. The highest BCUT2D eigenvalue weighted by Gasteiger charge is 2.37. The highest BCUT2D eigenvalue weighted by atomic mass is 16.3. The molecule has 1 aliphatic carbocycles. The van der Waals surface area contributed by atoms with Crippen LogP contribution in [0.3, 0.4) is 0 Å². The maximum absolute atomic E-state index is 6.56. The number of benzene rings is 8. The molecule has 0 radical (unpaired) electrons. The second kappa shape index (κ2) is 12.4. The van der Waals surface area contributed by atoms with Crippen molar-refractivity contribution >= 4 is 32.7 Å². The lowest BCUT2D eigenvalue weighted by atomic mass is 9.79. The normalized spacial score (nSPS) is 13.0. The van der Waals surface area contributed by atoms with Gasteiger partial charge < -0.3 is 4.42 Å². The minimum atomic E-state index is -0.134. The van der Waals surface area contributed by atoms with Gasteiger partial charge in [0.15, 0.2) is 17.5 Å². The van der Waals surface area contributed by atoms with Crippen molar-refractivity contribution in [1.82, 2.24) is 15.0 Å². The van der Waals surface area contributed by atoms with Gasteiger partial charge in [0.2, 0.25) is 0 Å². The van der Waals surface area contributed by atoms with Crippen molar-refractivity contribution in [3.63, 3.8) is 0 Å². The molecule has 56 heavy (non-hydrogen) atoms. The van der Waals surface area contributed by atoms with Gasteiger partial charge in [-0.3, -0.25) is 0 Å². The fraction of sp³-hybridized carbons (Fsp3) is 0.0577. The van der Waals surface area contributed by atoms with Crippen molar-refractivity contribution < 1.29 is 4.42 Å². The van der Waals surface area contributed by atoms with Gasteiger partial charge in [-0.15, -0.1) is 0 Å². The lowest BCUT2D eigenvalue weighted by Crippen LogP contribution is -2.16. The van der Waals surface area contributed by atoms with E-state index in [0.717, 1.165) is 55.3 Å². The summed E-state index contributed by atoms with van der Waals surface area (Å²) in [5.74, 6) is 1.83. The molecule has 0 amide bonds. The van der Waals surface area contributed by atoms with E-state index in [0.29, 0.717) is 17.5 Å². The van der Waals surface area contributed by atoms with Crippen molar-refractivity contribution in [2.45, 2.75) is 19.3 Å². The Labute approximate surface area is 324 Å². The molecule has 0 spiro atoms. The Morgan fingerprint density at radius 3 is 1.84 bits per heavy atom. The van der Waals surface area contributed by atoms with Crippen LogP contribution in [0.4, 0.5) is 0 Å². The fourth-order valence-corrected chi connectivity index (χ4v) is 8.83. The van der Waals surface area contributed by atoms with Crippen LogP contribution in [0, 0.1) is 0 Å². The molecule has 0 unspecified atom stereocenters. The van der Waals surface area contributed by atoms with Crippen LogP contribution < -0.4 is 0 Å². The topological polar surface area (TPSA) is 51.8 Å². The van der Waals surface area contributed by atoms with Crippen molar-refractivity contribution in [3.8, 4) is 67.5 Å². The first kappa shape index (κ1) is 32.3. The summed E-state index contributed by atoms with van der Waals surface area (Å²) in [7, 11) is 0. The maximum Gasteiger partial charge on any atom is 0.164 e. The summed E-state index contributed by atoms with van der Waals surface area (Å²) in [6.07, 6.45) is 0. The molecule has 1 aliphatic rings. The predicted octanol–water partition coefficient (Wildman–Crippen LogP) is 13.6. The van der Waals surface area contributed by atoms with Gasteiger partial charge in [0, 0.05) is 32.9 Å². The number of aromatic nitrogens is 3. The van der Waals surface area contributed by atoms with E-state index in [9.17, 15) is 0 Å². The smallest absolute Gasteiger partial charge is 0.164 e. The largest absolute Gasteiger partial charge is 0.456 e. The van der Waals surface area contributed by atoms with Crippen LogP contribution in [0.2, 0.25) is 0 Å². The molecule has 0 atom stereocenters. The van der Waals surface area contributed by atoms with E-state index >= 15 is 0 Å². The Morgan fingerprint density at radius 1 is 0.393 bits per heavy atom. The molecular weight excluding hydrogens is 683 g/mol. The number of rotatable bonds is 5. The van der Waals surface area contributed by atoms with Gasteiger partial charge in [-0.25, -0.2) is 15.0 Å². The Bertz CT molecular complexity index is 3180. The zero-order chi connectivity index (χ0) is 37.4. The van der Waals surface area contributed by atoms with E-state index in [1.54, 1.807) is 0 Å². The first-order chi connectivity index (χ1) is 27.5. The second-order valence-electron chi connectivity index (χ2n) is 15.2. The van der Waals surface area contributed by atoms with Crippen LogP contribution in [0.1, 0.15) is 25.0 Å². The van der Waals surface area contributed by atoms with Gasteiger partial charge in [0.05, 0.1) is 0 Å². The van der Waals surface area contributed by atoms with Crippen LogP contribution in [0.25, 0.3) is 100 Å². The van der Waals surface area contributed by atoms with Crippen molar-refractivity contribution in [3.05, 3.63) is 187 Å². The van der Waals surface area contributed by atoms with Crippen LogP contribution in [0.15, 0.2) is 180 Å². The summed E-state index contributed by atoms with van der Waals surface area (Å²) in [5, 5.41) is 4.59. The minimum absolute atomic E-state index is 0.134. The Kier molecular flexibility index (Phi) is 7.17. The second-order valence-corrected chi connectivity index (χ2v) is 15.2. The van der Waals surface area contributed by atoms with E-state index < -0.39 is 0 Å². The first-order valence-electron chi connectivity index (χ1n) is 19.1. The standard InChI is InChI=1S/C52H35N3O/c1-52(2)44-23-9-8-19-41(44)42-22-11-21-40(48(42)52)35-17-10-18-37(30-35)50-53-49(33-14-4-3-5-15-33)54-51(55-50)38-27-28-43-46(31-38)56-45-24-12-20-39(47(43)45)36-26-25-32-13-6-7-16-34(32)29-36/h3-31H,1-2H3. The molecule has 0 aliphatic heterocycles. The minimum Gasteiger partial charge on any atom is -0.456 e. The zero-order valence-corrected chi connectivity index (χ0v) is 31.0. The predicted molar refractivity (Wildman–Crippen MR) is 229 cm³/mol. The molecule has 2 heterocycles. The molecule has 0 saturated heterocycles. The van der Waals surface area contributed by atoms with Gasteiger partial charge in [-0.2, -0.15) is 0 Å². The van der Waals surface area contributed by atoms with Crippen LogP contribution in [0.5, 0.6) is 0 Å². The number of hydrogen-bond acceptors (Lipinski definition) is 4. The average Bonchev–Trinajstić information content (AvgIpc) is 3.75. The fourth-order valence-electron chi connectivity index (χ4n) is 8.83. The van der Waals surface area contributed by atoms with Crippen molar-refractivity contribution in [1.29, 1.82) is 0 Å². The maximum atomic E-state index is 6.56. The molecule has 0 fully saturated rings. The molecule has 11 rings (SSSR count). The van der Waals surface area contributed by atoms with E-state index in [1.807, 2.05) is 36.4 Å². The molecule has 10 aromatic rings. The van der Waals surface area contributed by atoms with Crippen molar-refractivity contribution in [2.24, 2.45) is 0 Å². The molecule has 0 saturated carbocycles. The van der Waals surface area contributed by atoms with E-state index in [4.69, 9.17) is 19.4 Å². The summed E-state index contributed by atoms with van der Waals surface area (Å²) >= 11 is 0. The molecular formula is C52H35N3O. The van der Waals surface area contributed by atoms with E-state index in [2.05, 4.69) is 153 Å². The third-order valence-corrected chi connectivity index (χ3v) is 11.5. The molecule has 8 aromatic carbocycles. The zero-order valence-electron chi connectivity index (χ0n) is 31.0. The Morgan fingerprint density at radius 2 is 0.982 bits per heavy atom. The quantitative estimate of drug-likeness (QED) is 0.178. The number of furan rings is 1. The summed E-state index contributed by atoms with van der Waals surface area (Å²) in [6, 6.07) is 61.9. The highest BCUT2D eigenvalue weighted by Crippen LogP contribution is 2.52. The summed E-state index contributed by atoms with van der Waals surface area (Å²) in [4.78, 5) is 15.3. The van der Waals surface area contributed by atoms with Crippen LogP contribution in [-0.4, -0.2) is 15.0 Å². The summed E-state index contributed by atoms with van der Waals surface area (Å²) in [5.41, 5.74) is 14.2. The first-order valence-corrected chi connectivity index (χ1v) is 19.1. The average molecular weight is 718 g/mol. The Balaban J connectivity index is 1.04. The van der Waals surface area contributed by atoms with Gasteiger partial charge in [-0.05, 0) is 85.6 Å². The van der Waals surface area contributed by atoms with E-state index in [1.165, 1.54) is 38.6 Å². The Hall–Kier alpha value is -7.17. The number of hydrogen-bond donors (Lipinski definition) is 0. The van der Waals surface area contributed by atoms with Crippen molar-refractivity contribution in [2.75, 3.05) is 0 Å². The van der Waals surface area contributed by atoms with Crippen LogP contribution >= 0.6 is 0 Å². The molecule has 264 valence electrons. The summed E-state index contributed by atoms with van der Waals surface area (Å²) in [6.45, 7) is 4.66. The molecule has 0 N–H and O–H groups in total. The summed E-state index contributed by atoms with van der Waals surface area (Å²) < 4.78 is 6.56. The molecule has 4 nitrogen and oxygen atoms in total. The molecule has 4 heteroatoms. The third-order valence-electron chi connectivity index (χ3n) is 11.5. The van der Waals surface area contributed by atoms with Gasteiger partial charge in [-0.1, -0.05) is 159 Å². The lowest BCUT2D eigenvalue weighted by Gasteiger charge is -2.24. The van der Waals surface area contributed by atoms with Gasteiger partial charge in [0.25, 0.3) is 0 Å². The van der Waals surface area contributed by atoms with Gasteiger partial charge >= 0.3 is 0 Å². The van der Waals surface area contributed by atoms with Crippen LogP contribution in [-0.2, 0) is 5.41 Å². The lowest BCUT2D eigenvalue weighted by molar-refractivity contribution is 0.662. The number of fused-ring (bicyclic) bond motifs is 7. The third kappa shape index (κ3) is 5.10. The molecule has 0 bridgehead atoms. The van der Waals surface area contributed by atoms with Gasteiger partial charge in [0.1, 0.15) is 11.2 Å². The van der Waals surface area contributed by atoms with E-state index in [-0.39, 0.29) is 5.41 Å². The SMILES string of the molecule is CC1(C)c2ccccc2-c2cccc(-c3cccc(-c4nc(-c5ccccc5)nc(-c5ccc6c(c5)oc5cccc(-c7ccc8ccccc8c7)c56)n4)c3)c21.